The molecule has 27 heavy (non-hydrogen) atoms. The van der Waals surface area contributed by atoms with Gasteiger partial charge < -0.3 is 14.5 Å². The van der Waals surface area contributed by atoms with Crippen molar-refractivity contribution in [3.63, 3.8) is 0 Å². The topological polar surface area (TPSA) is 49.9 Å². The highest BCUT2D eigenvalue weighted by atomic mass is 16.5. The summed E-state index contributed by atoms with van der Waals surface area (Å²) in [7, 11) is 1.66. The van der Waals surface area contributed by atoms with E-state index in [2.05, 4.69) is 4.90 Å². The molecule has 1 saturated carbocycles. The van der Waals surface area contributed by atoms with Gasteiger partial charge in [0.25, 0.3) is 0 Å². The van der Waals surface area contributed by atoms with Crippen LogP contribution in [-0.4, -0.2) is 54.9 Å². The minimum Gasteiger partial charge on any atom is -0.496 e. The third-order valence-electron chi connectivity index (χ3n) is 6.51. The zero-order valence-electron chi connectivity index (χ0n) is 16.3. The van der Waals surface area contributed by atoms with Crippen LogP contribution in [0.1, 0.15) is 44.1 Å². The van der Waals surface area contributed by atoms with Crippen molar-refractivity contribution in [2.45, 2.75) is 44.9 Å². The zero-order valence-corrected chi connectivity index (χ0v) is 16.3. The summed E-state index contributed by atoms with van der Waals surface area (Å²) in [6, 6.07) is 7.86. The largest absolute Gasteiger partial charge is 0.496 e. The van der Waals surface area contributed by atoms with E-state index in [1.807, 2.05) is 29.2 Å². The van der Waals surface area contributed by atoms with Crippen molar-refractivity contribution in [3.8, 4) is 5.75 Å². The van der Waals surface area contributed by atoms with Gasteiger partial charge in [-0.3, -0.25) is 9.59 Å². The predicted molar refractivity (Wildman–Crippen MR) is 103 cm³/mol. The van der Waals surface area contributed by atoms with E-state index in [0.717, 1.165) is 49.6 Å². The summed E-state index contributed by atoms with van der Waals surface area (Å²) in [6.07, 6.45) is 6.51. The molecule has 4 rings (SSSR count). The number of piperidine rings is 1. The van der Waals surface area contributed by atoms with Crippen LogP contribution in [0.2, 0.25) is 0 Å². The van der Waals surface area contributed by atoms with E-state index in [-0.39, 0.29) is 11.3 Å². The zero-order chi connectivity index (χ0) is 18.9. The lowest BCUT2D eigenvalue weighted by Crippen LogP contribution is -2.50. The fourth-order valence-corrected chi connectivity index (χ4v) is 4.71. The van der Waals surface area contributed by atoms with Gasteiger partial charge >= 0.3 is 0 Å². The first-order valence-electron chi connectivity index (χ1n) is 10.3. The summed E-state index contributed by atoms with van der Waals surface area (Å²) in [5, 5.41) is 0. The van der Waals surface area contributed by atoms with Crippen LogP contribution in [0, 0.1) is 11.3 Å². The Hall–Kier alpha value is -2.04. The number of carbonyl (C=O) groups excluding carboxylic acids is 2. The Balaban J connectivity index is 1.35. The Morgan fingerprint density at radius 2 is 2.04 bits per heavy atom. The number of ether oxygens (including phenoxy) is 1. The molecule has 1 aromatic carbocycles. The SMILES string of the molecule is COc1ccccc1CCC(=O)N1CC[C@@]2(CCCN(CC3CC3)C2=O)C1. The van der Waals surface area contributed by atoms with E-state index in [1.54, 1.807) is 7.11 Å². The van der Waals surface area contributed by atoms with Crippen LogP contribution >= 0.6 is 0 Å². The Labute approximate surface area is 161 Å². The number of rotatable bonds is 6. The molecule has 2 saturated heterocycles. The molecular weight excluding hydrogens is 340 g/mol. The summed E-state index contributed by atoms with van der Waals surface area (Å²) < 4.78 is 5.38. The highest BCUT2D eigenvalue weighted by Crippen LogP contribution is 2.42. The number of hydrogen-bond acceptors (Lipinski definition) is 3. The molecule has 2 aliphatic heterocycles. The van der Waals surface area contributed by atoms with Crippen LogP contribution in [0.4, 0.5) is 0 Å². The van der Waals surface area contributed by atoms with Crippen LogP contribution in [0.25, 0.3) is 0 Å². The molecule has 0 N–H and O–H groups in total. The maximum absolute atomic E-state index is 13.1. The van der Waals surface area contributed by atoms with Crippen LogP contribution in [0.15, 0.2) is 24.3 Å². The molecule has 5 nitrogen and oxygen atoms in total. The van der Waals surface area contributed by atoms with Gasteiger partial charge in [0.15, 0.2) is 0 Å². The van der Waals surface area contributed by atoms with Crippen LogP contribution < -0.4 is 4.74 Å². The first-order chi connectivity index (χ1) is 13.1. The van der Waals surface area contributed by atoms with Crippen molar-refractivity contribution < 1.29 is 14.3 Å². The molecular formula is C22H30N2O3. The molecule has 0 unspecified atom stereocenters. The average molecular weight is 370 g/mol. The Morgan fingerprint density at radius 3 is 2.81 bits per heavy atom. The number of benzene rings is 1. The third-order valence-corrected chi connectivity index (χ3v) is 6.51. The van der Waals surface area contributed by atoms with Gasteiger partial charge in [0.1, 0.15) is 5.75 Å². The monoisotopic (exact) mass is 370 g/mol. The van der Waals surface area contributed by atoms with Crippen molar-refractivity contribution in [1.29, 1.82) is 0 Å². The van der Waals surface area contributed by atoms with E-state index < -0.39 is 0 Å². The Kier molecular flexibility index (Phi) is 5.11. The fraction of sp³-hybridized carbons (Fsp3) is 0.636. The van der Waals surface area contributed by atoms with Crippen LogP contribution in [0.3, 0.4) is 0 Å². The first kappa shape index (κ1) is 18.3. The summed E-state index contributed by atoms with van der Waals surface area (Å²) in [4.78, 5) is 29.9. The second-order valence-electron chi connectivity index (χ2n) is 8.46. The summed E-state index contributed by atoms with van der Waals surface area (Å²) in [5.41, 5.74) is 0.749. The highest BCUT2D eigenvalue weighted by Gasteiger charge is 2.49. The van der Waals surface area contributed by atoms with Crippen molar-refractivity contribution in [2.75, 3.05) is 33.3 Å². The lowest BCUT2D eigenvalue weighted by Gasteiger charge is -2.39. The number of methoxy groups -OCH3 is 1. The number of hydrogen-bond donors (Lipinski definition) is 0. The fourth-order valence-electron chi connectivity index (χ4n) is 4.71. The summed E-state index contributed by atoms with van der Waals surface area (Å²) in [6.45, 7) is 3.16. The second kappa shape index (κ2) is 7.53. The van der Waals surface area contributed by atoms with E-state index in [9.17, 15) is 9.59 Å². The Bertz CT molecular complexity index is 715. The number of para-hydroxylation sites is 1. The standard InChI is InChI=1S/C22H30N2O3/c1-27-19-6-3-2-5-18(19)9-10-20(25)24-14-12-22(16-24)11-4-13-23(21(22)26)15-17-7-8-17/h2-3,5-6,17H,4,7-16H2,1H3/t22-/m0/s1. The molecule has 3 fully saturated rings. The maximum atomic E-state index is 13.1. The van der Waals surface area contributed by atoms with Crippen LogP contribution in [-0.2, 0) is 16.0 Å². The highest BCUT2D eigenvalue weighted by molar-refractivity contribution is 5.86. The quantitative estimate of drug-likeness (QED) is 0.774. The normalized spacial score (nSPS) is 25.3. The van der Waals surface area contributed by atoms with Gasteiger partial charge in [0.2, 0.25) is 11.8 Å². The minimum atomic E-state index is -0.312. The van der Waals surface area contributed by atoms with Gasteiger partial charge in [-0.2, -0.15) is 0 Å². The van der Waals surface area contributed by atoms with Crippen molar-refractivity contribution in [3.05, 3.63) is 29.8 Å². The van der Waals surface area contributed by atoms with Crippen molar-refractivity contribution in [2.24, 2.45) is 11.3 Å². The lowest BCUT2D eigenvalue weighted by atomic mass is 9.78. The molecule has 0 radical (unpaired) electrons. The number of aryl methyl sites for hydroxylation is 1. The third kappa shape index (κ3) is 3.83. The molecule has 5 heteroatoms. The molecule has 0 bridgehead atoms. The van der Waals surface area contributed by atoms with Gasteiger partial charge in [0.05, 0.1) is 12.5 Å². The van der Waals surface area contributed by atoms with Gasteiger partial charge in [-0.05, 0) is 56.1 Å². The predicted octanol–water partition coefficient (Wildman–Crippen LogP) is 2.88. The van der Waals surface area contributed by atoms with Gasteiger partial charge in [0, 0.05) is 32.6 Å². The molecule has 0 aromatic heterocycles. The molecule has 1 aromatic rings. The molecule has 146 valence electrons. The van der Waals surface area contributed by atoms with Crippen LogP contribution in [0.5, 0.6) is 5.75 Å². The van der Waals surface area contributed by atoms with E-state index in [4.69, 9.17) is 4.74 Å². The van der Waals surface area contributed by atoms with Gasteiger partial charge in [-0.1, -0.05) is 18.2 Å². The number of nitrogens with zero attached hydrogens (tertiary/aromatic N) is 2. The number of carbonyl (C=O) groups is 2. The van der Waals surface area contributed by atoms with Crippen molar-refractivity contribution in [1.82, 2.24) is 9.80 Å². The molecule has 1 aliphatic carbocycles. The van der Waals surface area contributed by atoms with Gasteiger partial charge in [-0.15, -0.1) is 0 Å². The second-order valence-corrected chi connectivity index (χ2v) is 8.46. The number of likely N-dealkylation sites (tertiary alicyclic amines) is 2. The Morgan fingerprint density at radius 1 is 1.22 bits per heavy atom. The molecule has 1 atom stereocenters. The smallest absolute Gasteiger partial charge is 0.230 e. The molecule has 3 aliphatic rings. The molecule has 1 spiro atoms. The lowest BCUT2D eigenvalue weighted by molar-refractivity contribution is -0.146. The van der Waals surface area contributed by atoms with Gasteiger partial charge in [-0.25, -0.2) is 0 Å². The van der Waals surface area contributed by atoms with E-state index >= 15 is 0 Å². The van der Waals surface area contributed by atoms with Crippen molar-refractivity contribution >= 4 is 11.8 Å². The minimum absolute atomic E-state index is 0.157. The van der Waals surface area contributed by atoms with E-state index in [1.165, 1.54) is 12.8 Å². The summed E-state index contributed by atoms with van der Waals surface area (Å²) >= 11 is 0. The maximum Gasteiger partial charge on any atom is 0.230 e. The first-order valence-corrected chi connectivity index (χ1v) is 10.3. The number of amides is 2. The van der Waals surface area contributed by atoms with E-state index in [0.29, 0.717) is 31.8 Å². The summed E-state index contributed by atoms with van der Waals surface area (Å²) in [5.74, 6) is 2.02. The molecule has 2 amide bonds. The average Bonchev–Trinajstić information content (AvgIpc) is 3.41. The molecule has 2 heterocycles.